The molecule has 3 rings (SSSR count). The lowest BCUT2D eigenvalue weighted by molar-refractivity contribution is 0.390. The number of rotatable bonds is 8. The van der Waals surface area contributed by atoms with E-state index in [4.69, 9.17) is 9.47 Å². The van der Waals surface area contributed by atoms with Gasteiger partial charge in [-0.2, -0.15) is 0 Å². The normalized spacial score (nSPS) is 17.0. The smallest absolute Gasteiger partial charge is 0.191 e. The Morgan fingerprint density at radius 2 is 1.80 bits per heavy atom. The predicted octanol–water partition coefficient (Wildman–Crippen LogP) is 3.42. The topological polar surface area (TPSA) is 54.9 Å². The Morgan fingerprint density at radius 1 is 1.12 bits per heavy atom. The lowest BCUT2D eigenvalue weighted by Crippen LogP contribution is -2.40. The van der Waals surface area contributed by atoms with E-state index in [1.807, 2.05) is 25.2 Å². The van der Waals surface area contributed by atoms with E-state index in [0.29, 0.717) is 6.54 Å². The maximum atomic E-state index is 5.45. The summed E-state index contributed by atoms with van der Waals surface area (Å²) in [7, 11) is 5.17. The summed E-state index contributed by atoms with van der Waals surface area (Å²) >= 11 is 0. The minimum absolute atomic E-state index is 0. The van der Waals surface area contributed by atoms with Gasteiger partial charge in [-0.3, -0.25) is 4.99 Å². The number of ether oxygens (including phenoxy) is 2. The highest BCUT2D eigenvalue weighted by Gasteiger charge is 2.41. The fourth-order valence-electron chi connectivity index (χ4n) is 3.38. The maximum Gasteiger partial charge on any atom is 0.191 e. The minimum atomic E-state index is 0. The molecule has 0 heterocycles. The minimum Gasteiger partial charge on any atom is -0.497 e. The summed E-state index contributed by atoms with van der Waals surface area (Å²) in [5.41, 5.74) is 1.09. The first-order chi connectivity index (χ1) is 11.7. The Kier molecular flexibility index (Phi) is 7.65. The van der Waals surface area contributed by atoms with Gasteiger partial charge < -0.3 is 20.1 Å². The van der Waals surface area contributed by atoms with Crippen LogP contribution in [0.3, 0.4) is 0 Å². The number of methoxy groups -OCH3 is 2. The highest BCUT2D eigenvalue weighted by molar-refractivity contribution is 14.0. The molecule has 0 radical (unpaired) electrons. The number of guanidine groups is 1. The Bertz CT molecular complexity index is 574. The van der Waals surface area contributed by atoms with Crippen LogP contribution in [0.5, 0.6) is 11.5 Å². The second-order valence-corrected chi connectivity index (χ2v) is 6.82. The van der Waals surface area contributed by atoms with Gasteiger partial charge in [0.05, 0.1) is 14.2 Å². The fraction of sp³-hybridized carbons (Fsp3) is 0.632. The summed E-state index contributed by atoms with van der Waals surface area (Å²) in [5.74, 6) is 5.22. The van der Waals surface area contributed by atoms with Crippen LogP contribution in [0.4, 0.5) is 0 Å². The number of nitrogens with one attached hydrogen (secondary N) is 2. The van der Waals surface area contributed by atoms with Crippen molar-refractivity contribution in [3.8, 4) is 11.5 Å². The molecule has 2 saturated carbocycles. The molecule has 0 aromatic heterocycles. The van der Waals surface area contributed by atoms with Gasteiger partial charge in [0.2, 0.25) is 0 Å². The average Bonchev–Trinajstić information content (AvgIpc) is 3.51. The van der Waals surface area contributed by atoms with E-state index in [9.17, 15) is 0 Å². The molecule has 0 spiro atoms. The Hall–Kier alpha value is -1.18. The second-order valence-electron chi connectivity index (χ2n) is 6.82. The van der Waals surface area contributed by atoms with E-state index >= 15 is 0 Å². The number of aliphatic imine (C=N–C) groups is 1. The highest BCUT2D eigenvalue weighted by atomic mass is 127. The third-order valence-corrected chi connectivity index (χ3v) is 5.12. The molecule has 2 fully saturated rings. The van der Waals surface area contributed by atoms with E-state index in [1.54, 1.807) is 14.2 Å². The molecule has 6 heteroatoms. The molecule has 0 amide bonds. The summed E-state index contributed by atoms with van der Waals surface area (Å²) in [6.45, 7) is 1.71. The molecule has 140 valence electrons. The zero-order valence-electron chi connectivity index (χ0n) is 15.4. The van der Waals surface area contributed by atoms with E-state index in [1.165, 1.54) is 25.7 Å². The summed E-state index contributed by atoms with van der Waals surface area (Å²) in [5, 5.41) is 6.91. The van der Waals surface area contributed by atoms with Gasteiger partial charge in [-0.1, -0.05) is 0 Å². The molecule has 1 aromatic carbocycles. The van der Waals surface area contributed by atoms with Gasteiger partial charge in [-0.25, -0.2) is 0 Å². The van der Waals surface area contributed by atoms with Gasteiger partial charge in [0.25, 0.3) is 0 Å². The van der Waals surface area contributed by atoms with Crippen molar-refractivity contribution >= 4 is 29.9 Å². The number of hydrogen-bond acceptors (Lipinski definition) is 3. The predicted molar refractivity (Wildman–Crippen MR) is 112 cm³/mol. The number of halogens is 1. The van der Waals surface area contributed by atoms with Crippen molar-refractivity contribution in [1.29, 1.82) is 0 Å². The van der Waals surface area contributed by atoms with Crippen LogP contribution in [-0.4, -0.2) is 33.8 Å². The monoisotopic (exact) mass is 459 g/mol. The maximum absolute atomic E-state index is 5.45. The Labute approximate surface area is 168 Å². The zero-order valence-corrected chi connectivity index (χ0v) is 17.7. The molecular weight excluding hydrogens is 429 g/mol. The molecule has 0 unspecified atom stereocenters. The van der Waals surface area contributed by atoms with Gasteiger partial charge >= 0.3 is 0 Å². The Balaban J connectivity index is 0.00000225. The van der Waals surface area contributed by atoms with Crippen molar-refractivity contribution in [2.24, 2.45) is 22.7 Å². The van der Waals surface area contributed by atoms with Crippen LogP contribution in [0.1, 0.15) is 31.2 Å². The lowest BCUT2D eigenvalue weighted by atomic mass is 9.98. The SMILES string of the molecule is CN=C(NCc1ccc(OC)cc1OC)NCC(C1CC1)C1CC1.I. The molecular formula is C19H30IN3O2. The molecule has 2 N–H and O–H groups in total. The molecule has 1 aromatic rings. The van der Waals surface area contributed by atoms with Crippen molar-refractivity contribution in [2.45, 2.75) is 32.2 Å². The molecule has 5 nitrogen and oxygen atoms in total. The van der Waals surface area contributed by atoms with Crippen molar-refractivity contribution in [3.05, 3.63) is 23.8 Å². The zero-order chi connectivity index (χ0) is 16.9. The van der Waals surface area contributed by atoms with Gasteiger partial charge in [0.1, 0.15) is 11.5 Å². The Morgan fingerprint density at radius 3 is 2.32 bits per heavy atom. The van der Waals surface area contributed by atoms with E-state index in [-0.39, 0.29) is 24.0 Å². The summed E-state index contributed by atoms with van der Waals surface area (Å²) in [6.07, 6.45) is 5.66. The van der Waals surface area contributed by atoms with Crippen molar-refractivity contribution in [3.63, 3.8) is 0 Å². The summed E-state index contributed by atoms with van der Waals surface area (Å²) < 4.78 is 10.7. The summed E-state index contributed by atoms with van der Waals surface area (Å²) in [4.78, 5) is 4.35. The molecule has 0 saturated heterocycles. The summed E-state index contributed by atoms with van der Waals surface area (Å²) in [6, 6.07) is 5.88. The third kappa shape index (κ3) is 5.66. The first-order valence-corrected chi connectivity index (χ1v) is 8.90. The quantitative estimate of drug-likeness (QED) is 0.356. The standard InChI is InChI=1S/C19H29N3O2.HI/c1-20-19(22-12-17(13-4-5-13)14-6-7-14)21-11-15-8-9-16(23-2)10-18(15)24-3;/h8-10,13-14,17H,4-7,11-12H2,1-3H3,(H2,20,21,22);1H. The van der Waals surface area contributed by atoms with E-state index < -0.39 is 0 Å². The van der Waals surface area contributed by atoms with Crippen LogP contribution >= 0.6 is 24.0 Å². The van der Waals surface area contributed by atoms with Crippen molar-refractivity contribution in [1.82, 2.24) is 10.6 Å². The molecule has 0 aliphatic heterocycles. The van der Waals surface area contributed by atoms with Crippen LogP contribution < -0.4 is 20.1 Å². The van der Waals surface area contributed by atoms with Gasteiger partial charge in [0, 0.05) is 31.8 Å². The molecule has 25 heavy (non-hydrogen) atoms. The molecule has 2 aliphatic rings. The van der Waals surface area contributed by atoms with Crippen LogP contribution in [-0.2, 0) is 6.54 Å². The number of hydrogen-bond donors (Lipinski definition) is 2. The number of benzene rings is 1. The van der Waals surface area contributed by atoms with E-state index in [2.05, 4.69) is 15.6 Å². The largest absolute Gasteiger partial charge is 0.497 e. The number of nitrogens with zero attached hydrogens (tertiary/aromatic N) is 1. The van der Waals surface area contributed by atoms with Crippen LogP contribution in [0.25, 0.3) is 0 Å². The highest BCUT2D eigenvalue weighted by Crippen LogP contribution is 2.48. The first-order valence-electron chi connectivity index (χ1n) is 8.90. The third-order valence-electron chi connectivity index (χ3n) is 5.12. The lowest BCUT2D eigenvalue weighted by Gasteiger charge is -2.19. The van der Waals surface area contributed by atoms with Crippen LogP contribution in [0.15, 0.2) is 23.2 Å². The molecule has 0 atom stereocenters. The average molecular weight is 459 g/mol. The van der Waals surface area contributed by atoms with Crippen LogP contribution in [0.2, 0.25) is 0 Å². The first kappa shape index (κ1) is 20.1. The van der Waals surface area contributed by atoms with Gasteiger partial charge in [-0.15, -0.1) is 24.0 Å². The van der Waals surface area contributed by atoms with Crippen LogP contribution in [0, 0.1) is 17.8 Å². The van der Waals surface area contributed by atoms with Gasteiger partial charge in [0.15, 0.2) is 5.96 Å². The molecule has 2 aliphatic carbocycles. The van der Waals surface area contributed by atoms with Crippen molar-refractivity contribution < 1.29 is 9.47 Å². The molecule has 0 bridgehead atoms. The van der Waals surface area contributed by atoms with Gasteiger partial charge in [-0.05, 0) is 55.6 Å². The fourth-order valence-corrected chi connectivity index (χ4v) is 3.38. The second kappa shape index (κ2) is 9.50. The van der Waals surface area contributed by atoms with E-state index in [0.717, 1.165) is 47.3 Å². The van der Waals surface area contributed by atoms with Crippen molar-refractivity contribution in [2.75, 3.05) is 27.8 Å².